The molecule has 0 unspecified atom stereocenters. The Bertz CT molecular complexity index is 925. The third-order valence-electron chi connectivity index (χ3n) is 14.0. The highest BCUT2D eigenvalue weighted by molar-refractivity contribution is 5.82. The first-order chi connectivity index (χ1) is 15.6. The third kappa shape index (κ3) is 2.34. The van der Waals surface area contributed by atoms with Gasteiger partial charge in [-0.2, -0.15) is 0 Å². The second-order valence-corrected chi connectivity index (χ2v) is 15.8. The van der Waals surface area contributed by atoms with Crippen molar-refractivity contribution in [3.8, 4) is 0 Å². The zero-order valence-corrected chi connectivity index (χ0v) is 22.7. The van der Waals surface area contributed by atoms with Crippen molar-refractivity contribution in [1.82, 2.24) is 0 Å². The van der Waals surface area contributed by atoms with E-state index in [-0.39, 0.29) is 50.5 Å². The van der Waals surface area contributed by atoms with Crippen LogP contribution in [0.15, 0.2) is 0 Å². The van der Waals surface area contributed by atoms with Crippen LogP contribution in [0.2, 0.25) is 0 Å². The van der Waals surface area contributed by atoms with Gasteiger partial charge >= 0.3 is 5.97 Å². The smallest absolute Gasteiger partial charge is 0.313 e. The van der Waals surface area contributed by atoms with Crippen LogP contribution in [0.4, 0.5) is 0 Å². The zero-order valence-electron chi connectivity index (χ0n) is 22.7. The SMILES string of the molecule is CC1(C)CC[C@@]23CC[C@]4(C)[C@](OC2=O)([C@H](O)C[C@@H]2[C@]5(C)CC[C@@H](O)C(C)(C)[C@@H]5CC[C@]24C)[C@H]3C1. The molecule has 1 heterocycles. The Hall–Kier alpha value is -0.610. The average Bonchev–Trinajstić information content (AvgIpc) is 2.93. The van der Waals surface area contributed by atoms with Crippen molar-refractivity contribution in [2.24, 2.45) is 50.2 Å². The van der Waals surface area contributed by atoms with E-state index in [1.807, 2.05) is 0 Å². The molecule has 0 radical (unpaired) electrons. The highest BCUT2D eigenvalue weighted by atomic mass is 16.6. The summed E-state index contributed by atoms with van der Waals surface area (Å²) in [5.41, 5.74) is -1.19. The molecule has 6 fully saturated rings. The molecule has 34 heavy (non-hydrogen) atoms. The zero-order chi connectivity index (χ0) is 24.7. The van der Waals surface area contributed by atoms with Crippen LogP contribution in [0.5, 0.6) is 0 Å². The van der Waals surface area contributed by atoms with E-state index in [0.29, 0.717) is 11.8 Å². The number of esters is 1. The maximum absolute atomic E-state index is 13.7. The molecule has 0 aromatic rings. The molecule has 10 atom stereocenters. The van der Waals surface area contributed by atoms with Crippen molar-refractivity contribution in [3.05, 3.63) is 0 Å². The van der Waals surface area contributed by atoms with Crippen molar-refractivity contribution >= 4 is 5.97 Å². The first-order valence-corrected chi connectivity index (χ1v) is 14.2. The maximum Gasteiger partial charge on any atom is 0.313 e. The van der Waals surface area contributed by atoms with Crippen LogP contribution in [0.25, 0.3) is 0 Å². The molecular formula is C30H48O4. The van der Waals surface area contributed by atoms with E-state index in [0.717, 1.165) is 64.2 Å². The van der Waals surface area contributed by atoms with Gasteiger partial charge in [-0.25, -0.2) is 0 Å². The van der Waals surface area contributed by atoms with Crippen LogP contribution >= 0.6 is 0 Å². The summed E-state index contributed by atoms with van der Waals surface area (Å²) in [5, 5.41) is 23.1. The second-order valence-electron chi connectivity index (χ2n) is 15.8. The Morgan fingerprint density at radius 3 is 2.15 bits per heavy atom. The first-order valence-electron chi connectivity index (χ1n) is 14.2. The lowest BCUT2D eigenvalue weighted by molar-refractivity contribution is -0.317. The van der Waals surface area contributed by atoms with E-state index in [1.54, 1.807) is 0 Å². The highest BCUT2D eigenvalue weighted by Gasteiger charge is 2.83. The summed E-state index contributed by atoms with van der Waals surface area (Å²) in [5.74, 6) is 0.950. The monoisotopic (exact) mass is 472 g/mol. The topological polar surface area (TPSA) is 66.8 Å². The maximum atomic E-state index is 13.7. The van der Waals surface area contributed by atoms with Gasteiger partial charge in [-0.3, -0.25) is 4.79 Å². The van der Waals surface area contributed by atoms with Crippen molar-refractivity contribution in [2.75, 3.05) is 0 Å². The number of aliphatic hydroxyl groups is 2. The van der Waals surface area contributed by atoms with Crippen molar-refractivity contribution in [3.63, 3.8) is 0 Å². The van der Waals surface area contributed by atoms with Gasteiger partial charge in [0.05, 0.1) is 17.6 Å². The fourth-order valence-electron chi connectivity index (χ4n) is 11.8. The molecule has 0 amide bonds. The van der Waals surface area contributed by atoms with Crippen molar-refractivity contribution < 1.29 is 19.7 Å². The minimum Gasteiger partial charge on any atom is -0.455 e. The molecule has 6 aliphatic rings. The van der Waals surface area contributed by atoms with Crippen molar-refractivity contribution in [1.29, 1.82) is 0 Å². The molecule has 5 saturated carbocycles. The molecule has 192 valence electrons. The van der Waals surface area contributed by atoms with E-state index in [1.165, 1.54) is 0 Å². The summed E-state index contributed by atoms with van der Waals surface area (Å²) in [6, 6.07) is 0. The molecule has 0 aromatic carbocycles. The minimum atomic E-state index is -0.752. The summed E-state index contributed by atoms with van der Waals surface area (Å²) in [6.07, 6.45) is 8.82. The molecule has 1 spiro atoms. The lowest BCUT2D eigenvalue weighted by Crippen LogP contribution is -2.76. The van der Waals surface area contributed by atoms with Crippen LogP contribution < -0.4 is 0 Å². The van der Waals surface area contributed by atoms with Gasteiger partial charge in [0, 0.05) is 11.3 Å². The summed E-state index contributed by atoms with van der Waals surface area (Å²) in [6.45, 7) is 16.6. The second kappa shape index (κ2) is 6.44. The number of aliphatic hydroxyl groups excluding tert-OH is 2. The van der Waals surface area contributed by atoms with E-state index in [9.17, 15) is 15.0 Å². The number of ether oxygens (including phenoxy) is 1. The largest absolute Gasteiger partial charge is 0.455 e. The number of hydrogen-bond donors (Lipinski definition) is 2. The Labute approximate surface area is 206 Å². The van der Waals surface area contributed by atoms with Gasteiger partial charge < -0.3 is 14.9 Å². The van der Waals surface area contributed by atoms with Crippen LogP contribution in [0.1, 0.15) is 113 Å². The molecule has 1 aliphatic heterocycles. The Kier molecular flexibility index (Phi) is 4.50. The number of hydrogen-bond acceptors (Lipinski definition) is 4. The third-order valence-corrected chi connectivity index (χ3v) is 14.0. The van der Waals surface area contributed by atoms with Crippen LogP contribution in [0.3, 0.4) is 0 Å². The van der Waals surface area contributed by atoms with Gasteiger partial charge in [-0.15, -0.1) is 0 Å². The predicted octanol–water partition coefficient (Wildman–Crippen LogP) is 5.88. The van der Waals surface area contributed by atoms with E-state index in [2.05, 4.69) is 48.5 Å². The van der Waals surface area contributed by atoms with Crippen LogP contribution in [-0.4, -0.2) is 34.0 Å². The van der Waals surface area contributed by atoms with Gasteiger partial charge in [0.2, 0.25) is 0 Å². The number of carbonyl (C=O) groups excluding carboxylic acids is 1. The molecule has 4 heteroatoms. The number of rotatable bonds is 0. The Balaban J connectivity index is 1.49. The first kappa shape index (κ1) is 23.8. The van der Waals surface area contributed by atoms with Gasteiger partial charge in [0.15, 0.2) is 0 Å². The fourth-order valence-corrected chi connectivity index (χ4v) is 11.8. The Morgan fingerprint density at radius 1 is 0.765 bits per heavy atom. The van der Waals surface area contributed by atoms with Gasteiger partial charge in [0.25, 0.3) is 0 Å². The lowest BCUT2D eigenvalue weighted by Gasteiger charge is -2.74. The average molecular weight is 473 g/mol. The van der Waals surface area contributed by atoms with Gasteiger partial charge in [-0.05, 0) is 97.7 Å². The van der Waals surface area contributed by atoms with E-state index < -0.39 is 11.7 Å². The van der Waals surface area contributed by atoms with E-state index >= 15 is 0 Å². The molecule has 1 saturated heterocycles. The van der Waals surface area contributed by atoms with E-state index in [4.69, 9.17) is 4.74 Å². The number of fused-ring (bicyclic) bond motifs is 4. The number of carbonyl (C=O) groups is 1. The molecule has 2 N–H and O–H groups in total. The fraction of sp³-hybridized carbons (Fsp3) is 0.967. The summed E-state index contributed by atoms with van der Waals surface area (Å²) >= 11 is 0. The highest BCUT2D eigenvalue weighted by Crippen LogP contribution is 2.80. The summed E-state index contributed by atoms with van der Waals surface area (Å²) in [4.78, 5) is 13.7. The molecule has 4 nitrogen and oxygen atoms in total. The normalized spacial score (nSPS) is 59.2. The standard InChI is InChI=1S/C30H48O4/c1-24(2)12-14-29-15-13-28(7)27(6)11-8-18-25(3,4)21(31)9-10-26(18,5)19(27)16-22(32)30(28,20(29)17-24)34-23(29)33/h18-22,31-32H,8-17H2,1-7H3/t18-,19+,20-,21+,22+,26+,27+,28-,29-,30+/m0/s1. The Morgan fingerprint density at radius 2 is 1.44 bits per heavy atom. The molecule has 2 bridgehead atoms. The van der Waals surface area contributed by atoms with Gasteiger partial charge in [0.1, 0.15) is 5.60 Å². The molecular weight excluding hydrogens is 424 g/mol. The quantitative estimate of drug-likeness (QED) is 0.432. The van der Waals surface area contributed by atoms with Crippen LogP contribution in [0, 0.1) is 50.2 Å². The van der Waals surface area contributed by atoms with Gasteiger partial charge in [-0.1, -0.05) is 48.5 Å². The predicted molar refractivity (Wildman–Crippen MR) is 132 cm³/mol. The summed E-state index contributed by atoms with van der Waals surface area (Å²) < 4.78 is 6.64. The lowest BCUT2D eigenvalue weighted by atomic mass is 9.30. The molecule has 5 aliphatic carbocycles. The summed E-state index contributed by atoms with van der Waals surface area (Å²) in [7, 11) is 0. The van der Waals surface area contributed by atoms with Crippen molar-refractivity contribution in [2.45, 2.75) is 130 Å². The molecule has 6 rings (SSSR count). The minimum absolute atomic E-state index is 0.000329. The molecule has 0 aromatic heterocycles. The van der Waals surface area contributed by atoms with Crippen LogP contribution in [-0.2, 0) is 9.53 Å².